The van der Waals surface area contributed by atoms with Crippen molar-refractivity contribution >= 4 is 32.6 Å². The van der Waals surface area contributed by atoms with Gasteiger partial charge in [0.15, 0.2) is 16.6 Å². The molecular weight excluding hydrogens is 324 g/mol. The fraction of sp³-hybridized carbons (Fsp3) is 0.222. The predicted octanol–water partition coefficient (Wildman–Crippen LogP) is 3.64. The van der Waals surface area contributed by atoms with Gasteiger partial charge in [-0.25, -0.2) is 4.98 Å². The van der Waals surface area contributed by atoms with E-state index in [1.807, 2.05) is 30.3 Å². The minimum Gasteiger partial charge on any atom is -0.485 e. The van der Waals surface area contributed by atoms with Gasteiger partial charge in [0.25, 0.3) is 5.91 Å². The Morgan fingerprint density at radius 1 is 1.25 bits per heavy atom. The van der Waals surface area contributed by atoms with E-state index < -0.39 is 6.10 Å². The summed E-state index contributed by atoms with van der Waals surface area (Å²) < 4.78 is 12.4. The van der Waals surface area contributed by atoms with Crippen molar-refractivity contribution in [2.45, 2.75) is 19.4 Å². The zero-order valence-corrected chi connectivity index (χ0v) is 13.9. The molecule has 1 unspecified atom stereocenters. The summed E-state index contributed by atoms with van der Waals surface area (Å²) >= 11 is 1.47. The number of hydrogen-bond acceptors (Lipinski definition) is 5. The number of thiazole rings is 1. The smallest absolute Gasteiger partial charge is 0.270 e. The van der Waals surface area contributed by atoms with Crippen LogP contribution >= 0.6 is 11.3 Å². The Balaban J connectivity index is 1.53. The number of rotatable bonds is 3. The van der Waals surface area contributed by atoms with Crippen molar-refractivity contribution in [1.29, 1.82) is 0 Å². The first kappa shape index (κ1) is 15.0. The standard InChI is InChI=1S/C18H16N2O3S/c1-2-11-6-5-9-15-16(11)19-18(24-15)20-17(21)14-10-22-12-7-3-4-8-13(12)23-14/h3-9,14H,2,10H2,1H3,(H,19,20,21). The van der Waals surface area contributed by atoms with E-state index in [9.17, 15) is 4.79 Å². The van der Waals surface area contributed by atoms with Crippen molar-refractivity contribution in [2.75, 3.05) is 11.9 Å². The molecule has 6 heteroatoms. The Morgan fingerprint density at radius 2 is 2.08 bits per heavy atom. The van der Waals surface area contributed by atoms with Gasteiger partial charge >= 0.3 is 0 Å². The summed E-state index contributed by atoms with van der Waals surface area (Å²) in [5, 5.41) is 3.43. The van der Waals surface area contributed by atoms with E-state index in [1.165, 1.54) is 16.9 Å². The summed E-state index contributed by atoms with van der Waals surface area (Å²) in [5.41, 5.74) is 2.13. The number of ether oxygens (including phenoxy) is 2. The van der Waals surface area contributed by atoms with Crippen LogP contribution in [0.25, 0.3) is 10.2 Å². The van der Waals surface area contributed by atoms with Crippen LogP contribution in [-0.2, 0) is 11.2 Å². The highest BCUT2D eigenvalue weighted by Gasteiger charge is 2.28. The van der Waals surface area contributed by atoms with Crippen LogP contribution in [0.2, 0.25) is 0 Å². The molecule has 1 aliphatic rings. The van der Waals surface area contributed by atoms with Gasteiger partial charge in [-0.1, -0.05) is 42.5 Å². The maximum Gasteiger partial charge on any atom is 0.270 e. The molecule has 3 aromatic rings. The lowest BCUT2D eigenvalue weighted by Crippen LogP contribution is -2.40. The van der Waals surface area contributed by atoms with Gasteiger partial charge in [-0.3, -0.25) is 10.1 Å². The SMILES string of the molecule is CCc1cccc2sc(NC(=O)C3COc4ccccc4O3)nc12. The van der Waals surface area contributed by atoms with Crippen molar-refractivity contribution < 1.29 is 14.3 Å². The normalized spacial score (nSPS) is 16.1. The number of carbonyl (C=O) groups excluding carboxylic acids is 1. The van der Waals surface area contributed by atoms with Crippen molar-refractivity contribution in [3.8, 4) is 11.5 Å². The lowest BCUT2D eigenvalue weighted by molar-refractivity contribution is -0.125. The molecule has 5 nitrogen and oxygen atoms in total. The maximum absolute atomic E-state index is 12.5. The van der Waals surface area contributed by atoms with Crippen LogP contribution in [0.1, 0.15) is 12.5 Å². The summed E-state index contributed by atoms with van der Waals surface area (Å²) in [4.78, 5) is 17.0. The zero-order chi connectivity index (χ0) is 16.5. The Morgan fingerprint density at radius 3 is 2.92 bits per heavy atom. The van der Waals surface area contributed by atoms with E-state index >= 15 is 0 Å². The Labute approximate surface area is 143 Å². The third-order valence-corrected chi connectivity index (χ3v) is 4.85. The first-order valence-corrected chi connectivity index (χ1v) is 8.64. The highest BCUT2D eigenvalue weighted by molar-refractivity contribution is 7.22. The molecular formula is C18H16N2O3S. The van der Waals surface area contributed by atoms with E-state index in [0.717, 1.165) is 16.6 Å². The monoisotopic (exact) mass is 340 g/mol. The molecule has 1 N–H and O–H groups in total. The van der Waals surface area contributed by atoms with Crippen molar-refractivity contribution in [2.24, 2.45) is 0 Å². The second-order valence-corrected chi connectivity index (χ2v) is 6.52. The Kier molecular flexibility index (Phi) is 3.82. The molecule has 0 saturated heterocycles. The number of para-hydroxylation sites is 3. The van der Waals surface area contributed by atoms with Gasteiger partial charge in [-0.15, -0.1) is 0 Å². The number of carbonyl (C=O) groups is 1. The summed E-state index contributed by atoms with van der Waals surface area (Å²) in [6.45, 7) is 2.28. The number of aromatic nitrogens is 1. The molecule has 1 aliphatic heterocycles. The first-order chi connectivity index (χ1) is 11.7. The van der Waals surface area contributed by atoms with Crippen LogP contribution in [0, 0.1) is 0 Å². The fourth-order valence-electron chi connectivity index (χ4n) is 2.68. The average Bonchev–Trinajstić information content (AvgIpc) is 3.03. The summed E-state index contributed by atoms with van der Waals surface area (Å²) in [6, 6.07) is 13.4. The zero-order valence-electron chi connectivity index (χ0n) is 13.1. The number of hydrogen-bond donors (Lipinski definition) is 1. The van der Waals surface area contributed by atoms with Crippen molar-refractivity contribution in [3.63, 3.8) is 0 Å². The molecule has 0 bridgehead atoms. The number of nitrogens with one attached hydrogen (secondary N) is 1. The van der Waals surface area contributed by atoms with Crippen LogP contribution in [0.3, 0.4) is 0 Å². The van der Waals surface area contributed by atoms with Gasteiger partial charge < -0.3 is 9.47 Å². The van der Waals surface area contributed by atoms with Crippen molar-refractivity contribution in [1.82, 2.24) is 4.98 Å². The molecule has 0 saturated carbocycles. The molecule has 1 amide bonds. The van der Waals surface area contributed by atoms with Crippen LogP contribution in [0.5, 0.6) is 11.5 Å². The molecule has 0 radical (unpaired) electrons. The minimum atomic E-state index is -0.683. The molecule has 24 heavy (non-hydrogen) atoms. The van der Waals surface area contributed by atoms with Gasteiger partial charge in [0.05, 0.1) is 10.2 Å². The minimum absolute atomic E-state index is 0.188. The molecule has 1 atom stereocenters. The van der Waals surface area contributed by atoms with E-state index in [4.69, 9.17) is 9.47 Å². The molecule has 2 heterocycles. The number of fused-ring (bicyclic) bond motifs is 2. The lowest BCUT2D eigenvalue weighted by Gasteiger charge is -2.25. The number of nitrogens with zero attached hydrogens (tertiary/aromatic N) is 1. The maximum atomic E-state index is 12.5. The van der Waals surface area contributed by atoms with Gasteiger partial charge in [0.1, 0.15) is 6.61 Å². The summed E-state index contributed by atoms with van der Waals surface area (Å²) in [5.74, 6) is 0.997. The topological polar surface area (TPSA) is 60.5 Å². The number of benzene rings is 2. The summed E-state index contributed by atoms with van der Waals surface area (Å²) in [7, 11) is 0. The molecule has 1 aromatic heterocycles. The van der Waals surface area contributed by atoms with Gasteiger partial charge in [-0.2, -0.15) is 0 Å². The largest absolute Gasteiger partial charge is 0.485 e. The molecule has 2 aromatic carbocycles. The third kappa shape index (κ3) is 2.69. The first-order valence-electron chi connectivity index (χ1n) is 7.82. The predicted molar refractivity (Wildman–Crippen MR) is 94.0 cm³/mol. The third-order valence-electron chi connectivity index (χ3n) is 3.91. The molecule has 4 rings (SSSR count). The van der Waals surface area contributed by atoms with Crippen LogP contribution in [-0.4, -0.2) is 23.6 Å². The molecule has 0 fully saturated rings. The van der Waals surface area contributed by atoms with Gasteiger partial charge in [0, 0.05) is 0 Å². The molecule has 122 valence electrons. The quantitative estimate of drug-likeness (QED) is 0.791. The van der Waals surface area contributed by atoms with E-state index in [2.05, 4.69) is 23.3 Å². The van der Waals surface area contributed by atoms with Gasteiger partial charge in [-0.05, 0) is 30.2 Å². The Hall–Kier alpha value is -2.60. The highest BCUT2D eigenvalue weighted by Crippen LogP contribution is 2.32. The van der Waals surface area contributed by atoms with Crippen LogP contribution < -0.4 is 14.8 Å². The molecule has 0 spiro atoms. The molecule has 0 aliphatic carbocycles. The van der Waals surface area contributed by atoms with Gasteiger partial charge in [0.2, 0.25) is 6.10 Å². The average molecular weight is 340 g/mol. The lowest BCUT2D eigenvalue weighted by atomic mass is 10.1. The number of amides is 1. The van der Waals surface area contributed by atoms with Crippen LogP contribution in [0.4, 0.5) is 5.13 Å². The van der Waals surface area contributed by atoms with E-state index in [1.54, 1.807) is 6.07 Å². The highest BCUT2D eigenvalue weighted by atomic mass is 32.1. The van der Waals surface area contributed by atoms with E-state index in [0.29, 0.717) is 16.6 Å². The van der Waals surface area contributed by atoms with E-state index in [-0.39, 0.29) is 12.5 Å². The number of anilines is 1. The second-order valence-electron chi connectivity index (χ2n) is 5.49. The van der Waals surface area contributed by atoms with Crippen LogP contribution in [0.15, 0.2) is 42.5 Å². The second kappa shape index (κ2) is 6.13. The fourth-order valence-corrected chi connectivity index (χ4v) is 3.60. The number of aryl methyl sites for hydroxylation is 1. The summed E-state index contributed by atoms with van der Waals surface area (Å²) in [6.07, 6.45) is 0.225. The Bertz CT molecular complexity index is 906. The van der Waals surface area contributed by atoms with Crippen molar-refractivity contribution in [3.05, 3.63) is 48.0 Å².